The molecule has 2 aromatic heterocycles. The summed E-state index contributed by atoms with van der Waals surface area (Å²) in [5, 5.41) is 10.3. The number of aromatic amines is 1. The molecule has 3 N–H and O–H groups in total. The molecular weight excluding hydrogens is 224 g/mol. The average molecular weight is 236 g/mol. The first-order valence-corrected chi connectivity index (χ1v) is 5.68. The van der Waals surface area contributed by atoms with Gasteiger partial charge in [0.1, 0.15) is 11.4 Å². The van der Waals surface area contributed by atoms with E-state index in [1.54, 1.807) is 23.3 Å². The van der Waals surface area contributed by atoms with Crippen molar-refractivity contribution in [1.29, 1.82) is 0 Å². The van der Waals surface area contributed by atoms with Crippen LogP contribution in [0.15, 0.2) is 23.0 Å². The summed E-state index contributed by atoms with van der Waals surface area (Å²) in [5.74, 6) is 0.180. The zero-order chi connectivity index (χ0) is 11.5. The fourth-order valence-corrected chi connectivity index (χ4v) is 2.06. The second-order valence-corrected chi connectivity index (χ2v) is 4.27. The fraction of sp³-hybridized carbons (Fsp3) is 0.200. The molecule has 6 heteroatoms. The van der Waals surface area contributed by atoms with Gasteiger partial charge in [0.25, 0.3) is 5.91 Å². The quantitative estimate of drug-likeness (QED) is 0.844. The normalized spacial score (nSPS) is 10.3. The SMILES string of the molecule is CN(Cc1ccsc1)C(=O)c1cn[nH]c1N. The van der Waals surface area contributed by atoms with E-state index in [0.29, 0.717) is 17.9 Å². The van der Waals surface area contributed by atoms with Crippen LogP contribution in [0.3, 0.4) is 0 Å². The highest BCUT2D eigenvalue weighted by molar-refractivity contribution is 7.07. The predicted octanol–water partition coefficient (Wildman–Crippen LogP) is 1.33. The molecular formula is C10H12N4OS. The Balaban J connectivity index is 2.08. The van der Waals surface area contributed by atoms with Gasteiger partial charge in [-0.1, -0.05) is 0 Å². The van der Waals surface area contributed by atoms with Gasteiger partial charge in [0.15, 0.2) is 0 Å². The van der Waals surface area contributed by atoms with Crippen molar-refractivity contribution in [3.05, 3.63) is 34.2 Å². The van der Waals surface area contributed by atoms with Crippen molar-refractivity contribution >= 4 is 23.1 Å². The Morgan fingerprint density at radius 2 is 2.50 bits per heavy atom. The molecule has 0 unspecified atom stereocenters. The van der Waals surface area contributed by atoms with E-state index in [-0.39, 0.29) is 5.91 Å². The highest BCUT2D eigenvalue weighted by Crippen LogP contribution is 2.13. The maximum absolute atomic E-state index is 11.9. The molecule has 2 aromatic rings. The minimum absolute atomic E-state index is 0.127. The van der Waals surface area contributed by atoms with Crippen LogP contribution >= 0.6 is 11.3 Å². The summed E-state index contributed by atoms with van der Waals surface area (Å²) in [6.07, 6.45) is 1.45. The number of carbonyl (C=O) groups excluding carboxylic acids is 1. The van der Waals surface area contributed by atoms with Gasteiger partial charge < -0.3 is 10.6 Å². The van der Waals surface area contributed by atoms with E-state index in [1.165, 1.54) is 6.20 Å². The third-order valence-electron chi connectivity index (χ3n) is 2.25. The topological polar surface area (TPSA) is 75.0 Å². The zero-order valence-corrected chi connectivity index (χ0v) is 9.62. The summed E-state index contributed by atoms with van der Waals surface area (Å²) >= 11 is 1.61. The molecule has 0 radical (unpaired) electrons. The first kappa shape index (κ1) is 10.7. The maximum atomic E-state index is 11.9. The summed E-state index contributed by atoms with van der Waals surface area (Å²) in [4.78, 5) is 13.6. The lowest BCUT2D eigenvalue weighted by Crippen LogP contribution is -2.26. The Morgan fingerprint density at radius 1 is 1.69 bits per heavy atom. The number of nitrogen functional groups attached to an aromatic ring is 1. The number of nitrogens with one attached hydrogen (secondary N) is 1. The van der Waals surface area contributed by atoms with E-state index in [1.807, 2.05) is 16.8 Å². The van der Waals surface area contributed by atoms with E-state index in [0.717, 1.165) is 5.56 Å². The molecule has 2 heterocycles. The molecule has 5 nitrogen and oxygen atoms in total. The number of hydrogen-bond donors (Lipinski definition) is 2. The molecule has 0 aliphatic carbocycles. The number of thiophene rings is 1. The smallest absolute Gasteiger partial charge is 0.259 e. The number of carbonyl (C=O) groups is 1. The van der Waals surface area contributed by atoms with E-state index < -0.39 is 0 Å². The number of nitrogens with zero attached hydrogens (tertiary/aromatic N) is 2. The lowest BCUT2D eigenvalue weighted by Gasteiger charge is -2.15. The van der Waals surface area contributed by atoms with Crippen molar-refractivity contribution in [2.24, 2.45) is 0 Å². The number of rotatable bonds is 3. The van der Waals surface area contributed by atoms with Crippen LogP contribution in [0.4, 0.5) is 5.82 Å². The summed E-state index contributed by atoms with van der Waals surface area (Å²) in [6.45, 7) is 0.576. The average Bonchev–Trinajstić information content (AvgIpc) is 2.88. The number of nitrogens with two attached hydrogens (primary N) is 1. The molecule has 0 fully saturated rings. The Labute approximate surface area is 96.9 Å². The highest BCUT2D eigenvalue weighted by atomic mass is 32.1. The van der Waals surface area contributed by atoms with Crippen molar-refractivity contribution in [3.8, 4) is 0 Å². The first-order chi connectivity index (χ1) is 7.68. The van der Waals surface area contributed by atoms with Crippen LogP contribution in [0.25, 0.3) is 0 Å². The van der Waals surface area contributed by atoms with Gasteiger partial charge in [-0.15, -0.1) is 0 Å². The number of aromatic nitrogens is 2. The Kier molecular flexibility index (Phi) is 2.91. The molecule has 0 spiro atoms. The van der Waals surface area contributed by atoms with Crippen LogP contribution in [0, 0.1) is 0 Å². The van der Waals surface area contributed by atoms with Gasteiger partial charge in [0.2, 0.25) is 0 Å². The summed E-state index contributed by atoms with van der Waals surface area (Å²) in [6, 6.07) is 1.99. The maximum Gasteiger partial charge on any atom is 0.259 e. The molecule has 0 saturated carbocycles. The van der Waals surface area contributed by atoms with Crippen LogP contribution in [-0.2, 0) is 6.54 Å². The minimum Gasteiger partial charge on any atom is -0.383 e. The molecule has 0 bridgehead atoms. The molecule has 0 atom stereocenters. The van der Waals surface area contributed by atoms with Crippen LogP contribution in [-0.4, -0.2) is 28.1 Å². The van der Waals surface area contributed by atoms with Gasteiger partial charge >= 0.3 is 0 Å². The summed E-state index contributed by atoms with van der Waals surface area (Å²) < 4.78 is 0. The minimum atomic E-state index is -0.127. The molecule has 0 aromatic carbocycles. The molecule has 2 rings (SSSR count). The second-order valence-electron chi connectivity index (χ2n) is 3.49. The van der Waals surface area contributed by atoms with Crippen molar-refractivity contribution in [1.82, 2.24) is 15.1 Å². The van der Waals surface area contributed by atoms with Gasteiger partial charge in [-0.05, 0) is 22.4 Å². The molecule has 16 heavy (non-hydrogen) atoms. The van der Waals surface area contributed by atoms with Crippen LogP contribution < -0.4 is 5.73 Å². The lowest BCUT2D eigenvalue weighted by molar-refractivity contribution is 0.0786. The van der Waals surface area contributed by atoms with Crippen molar-refractivity contribution in [2.75, 3.05) is 12.8 Å². The van der Waals surface area contributed by atoms with Crippen molar-refractivity contribution < 1.29 is 4.79 Å². The third-order valence-corrected chi connectivity index (χ3v) is 2.98. The largest absolute Gasteiger partial charge is 0.383 e. The van der Waals surface area contributed by atoms with Gasteiger partial charge in [-0.25, -0.2) is 0 Å². The van der Waals surface area contributed by atoms with E-state index in [2.05, 4.69) is 10.2 Å². The Hall–Kier alpha value is -1.82. The van der Waals surface area contributed by atoms with Gasteiger partial charge in [-0.2, -0.15) is 16.4 Å². The molecule has 0 aliphatic heterocycles. The molecule has 0 aliphatic rings. The van der Waals surface area contributed by atoms with Crippen LogP contribution in [0.5, 0.6) is 0 Å². The lowest BCUT2D eigenvalue weighted by atomic mass is 10.2. The van der Waals surface area contributed by atoms with Crippen LogP contribution in [0.1, 0.15) is 15.9 Å². The number of anilines is 1. The van der Waals surface area contributed by atoms with Gasteiger partial charge in [-0.3, -0.25) is 9.89 Å². The van der Waals surface area contributed by atoms with Crippen molar-refractivity contribution in [2.45, 2.75) is 6.54 Å². The summed E-state index contributed by atoms with van der Waals surface area (Å²) in [7, 11) is 1.74. The Bertz CT molecular complexity index is 477. The molecule has 0 saturated heterocycles. The predicted molar refractivity (Wildman–Crippen MR) is 63.1 cm³/mol. The van der Waals surface area contributed by atoms with Crippen molar-refractivity contribution in [3.63, 3.8) is 0 Å². The highest BCUT2D eigenvalue weighted by Gasteiger charge is 2.16. The first-order valence-electron chi connectivity index (χ1n) is 4.74. The van der Waals surface area contributed by atoms with E-state index >= 15 is 0 Å². The van der Waals surface area contributed by atoms with E-state index in [4.69, 9.17) is 5.73 Å². The standard InChI is InChI=1S/C10H12N4OS/c1-14(5-7-2-3-16-6-7)10(15)8-4-12-13-9(8)11/h2-4,6H,5H2,1H3,(H3,11,12,13). The zero-order valence-electron chi connectivity index (χ0n) is 8.80. The molecule has 84 valence electrons. The summed E-state index contributed by atoms with van der Waals surface area (Å²) in [5.41, 5.74) is 7.12. The number of H-pyrrole nitrogens is 1. The van der Waals surface area contributed by atoms with Crippen LogP contribution in [0.2, 0.25) is 0 Å². The number of amides is 1. The van der Waals surface area contributed by atoms with E-state index in [9.17, 15) is 4.79 Å². The number of hydrogen-bond acceptors (Lipinski definition) is 4. The van der Waals surface area contributed by atoms with Gasteiger partial charge in [0, 0.05) is 13.6 Å². The second kappa shape index (κ2) is 4.36. The van der Waals surface area contributed by atoms with Gasteiger partial charge in [0.05, 0.1) is 6.20 Å². The Morgan fingerprint density at radius 3 is 3.06 bits per heavy atom. The fourth-order valence-electron chi connectivity index (χ4n) is 1.40. The molecule has 1 amide bonds. The third kappa shape index (κ3) is 2.06. The monoisotopic (exact) mass is 236 g/mol.